The second kappa shape index (κ2) is 7.65. The van der Waals surface area contributed by atoms with Gasteiger partial charge in [-0.15, -0.1) is 0 Å². The first-order chi connectivity index (χ1) is 14.9. The highest BCUT2D eigenvalue weighted by Gasteiger charge is 2.48. The minimum atomic E-state index is -0.0572. The van der Waals surface area contributed by atoms with Crippen molar-refractivity contribution in [3.63, 3.8) is 0 Å². The van der Waals surface area contributed by atoms with Crippen LogP contribution < -0.4 is 15.0 Å². The van der Waals surface area contributed by atoms with Gasteiger partial charge in [0.1, 0.15) is 12.4 Å². The summed E-state index contributed by atoms with van der Waals surface area (Å²) < 4.78 is 6.02. The molecule has 1 spiro atoms. The van der Waals surface area contributed by atoms with Crippen LogP contribution in [0.4, 0.5) is 5.95 Å². The molecule has 2 aliphatic rings. The van der Waals surface area contributed by atoms with Gasteiger partial charge in [-0.2, -0.15) is 0 Å². The van der Waals surface area contributed by atoms with Crippen LogP contribution >= 0.6 is 0 Å². The summed E-state index contributed by atoms with van der Waals surface area (Å²) in [7, 11) is 0. The van der Waals surface area contributed by atoms with Crippen LogP contribution in [0.3, 0.4) is 0 Å². The van der Waals surface area contributed by atoms with Crippen LogP contribution in [0.1, 0.15) is 36.2 Å². The predicted molar refractivity (Wildman–Crippen MR) is 124 cm³/mol. The van der Waals surface area contributed by atoms with Crippen LogP contribution in [-0.2, 0) is 12.0 Å². The van der Waals surface area contributed by atoms with Crippen molar-refractivity contribution in [3.8, 4) is 5.75 Å². The SMILES string of the molecule is Cc1ccc(C(C)(C)c2ccc(OCc3ccnc(N4CC5(CNC5)C4)n3)cc2)cc1. The van der Waals surface area contributed by atoms with Crippen LogP contribution in [0.2, 0.25) is 0 Å². The van der Waals surface area contributed by atoms with E-state index in [9.17, 15) is 0 Å². The van der Waals surface area contributed by atoms with Crippen molar-refractivity contribution in [1.29, 1.82) is 0 Å². The van der Waals surface area contributed by atoms with Gasteiger partial charge in [0.25, 0.3) is 0 Å². The number of aromatic nitrogens is 2. The average molecular weight is 415 g/mol. The van der Waals surface area contributed by atoms with Crippen molar-refractivity contribution >= 4 is 5.95 Å². The van der Waals surface area contributed by atoms with Crippen LogP contribution in [0.15, 0.2) is 60.8 Å². The monoisotopic (exact) mass is 414 g/mol. The smallest absolute Gasteiger partial charge is 0.225 e. The molecule has 5 nitrogen and oxygen atoms in total. The molecule has 2 fully saturated rings. The minimum Gasteiger partial charge on any atom is -0.487 e. The van der Waals surface area contributed by atoms with E-state index in [1.54, 1.807) is 0 Å². The highest BCUT2D eigenvalue weighted by atomic mass is 16.5. The van der Waals surface area contributed by atoms with Crippen LogP contribution in [0.5, 0.6) is 5.75 Å². The third kappa shape index (κ3) is 3.90. The summed E-state index contributed by atoms with van der Waals surface area (Å²) in [6, 6.07) is 19.1. The molecule has 0 atom stereocenters. The lowest BCUT2D eigenvalue weighted by atomic mass is 9.75. The van der Waals surface area contributed by atoms with E-state index in [2.05, 4.69) is 84.5 Å². The fourth-order valence-corrected chi connectivity index (χ4v) is 4.49. The van der Waals surface area contributed by atoms with E-state index in [-0.39, 0.29) is 5.41 Å². The number of benzene rings is 2. The molecule has 3 heterocycles. The highest BCUT2D eigenvalue weighted by Crippen LogP contribution is 2.36. The van der Waals surface area contributed by atoms with Crippen molar-refractivity contribution in [2.75, 3.05) is 31.1 Å². The molecule has 160 valence electrons. The number of nitrogens with one attached hydrogen (secondary N) is 1. The van der Waals surface area contributed by atoms with E-state index >= 15 is 0 Å². The number of rotatable bonds is 6. The topological polar surface area (TPSA) is 50.3 Å². The fraction of sp³-hybridized carbons (Fsp3) is 0.385. The van der Waals surface area contributed by atoms with Gasteiger partial charge in [0.05, 0.1) is 5.69 Å². The summed E-state index contributed by atoms with van der Waals surface area (Å²) in [6.45, 7) is 11.4. The summed E-state index contributed by atoms with van der Waals surface area (Å²) >= 11 is 0. The molecule has 0 amide bonds. The number of hydrogen-bond donors (Lipinski definition) is 1. The summed E-state index contributed by atoms with van der Waals surface area (Å²) in [4.78, 5) is 11.4. The zero-order valence-corrected chi connectivity index (χ0v) is 18.6. The second-order valence-corrected chi connectivity index (χ2v) is 9.61. The Morgan fingerprint density at radius 2 is 1.61 bits per heavy atom. The van der Waals surface area contributed by atoms with Crippen LogP contribution in [-0.4, -0.2) is 36.1 Å². The molecule has 0 radical (unpaired) electrons. The number of ether oxygens (including phenoxy) is 1. The first-order valence-electron chi connectivity index (χ1n) is 11.0. The zero-order chi connectivity index (χ0) is 21.5. The molecule has 2 aliphatic heterocycles. The molecule has 2 aromatic carbocycles. The van der Waals surface area contributed by atoms with Crippen LogP contribution in [0, 0.1) is 12.3 Å². The first kappa shape index (κ1) is 20.0. The molecule has 2 saturated heterocycles. The lowest BCUT2D eigenvalue weighted by molar-refractivity contribution is 0.119. The quantitative estimate of drug-likeness (QED) is 0.658. The molecule has 0 unspecified atom stereocenters. The lowest BCUT2D eigenvalue weighted by Crippen LogP contribution is -2.71. The first-order valence-corrected chi connectivity index (χ1v) is 11.0. The highest BCUT2D eigenvalue weighted by molar-refractivity contribution is 5.41. The van der Waals surface area contributed by atoms with Gasteiger partial charge >= 0.3 is 0 Å². The van der Waals surface area contributed by atoms with E-state index in [0.717, 1.165) is 43.6 Å². The number of aryl methyl sites for hydroxylation is 1. The van der Waals surface area contributed by atoms with E-state index in [4.69, 9.17) is 9.72 Å². The Balaban J connectivity index is 1.21. The molecule has 3 aromatic rings. The van der Waals surface area contributed by atoms with Crippen molar-refractivity contribution in [2.45, 2.75) is 32.8 Å². The van der Waals surface area contributed by atoms with Gasteiger partial charge in [0.15, 0.2) is 0 Å². The molecule has 31 heavy (non-hydrogen) atoms. The fourth-order valence-electron chi connectivity index (χ4n) is 4.49. The third-order valence-electron chi connectivity index (χ3n) is 6.77. The maximum Gasteiger partial charge on any atom is 0.225 e. The molecule has 0 bridgehead atoms. The molecule has 0 saturated carbocycles. The van der Waals surface area contributed by atoms with E-state index in [1.807, 2.05) is 12.3 Å². The van der Waals surface area contributed by atoms with Gasteiger partial charge in [-0.25, -0.2) is 9.97 Å². The Bertz CT molecular complexity index is 1050. The summed E-state index contributed by atoms with van der Waals surface area (Å²) in [5.74, 6) is 1.67. The van der Waals surface area contributed by atoms with Gasteiger partial charge in [-0.1, -0.05) is 55.8 Å². The van der Waals surface area contributed by atoms with Crippen molar-refractivity contribution in [2.24, 2.45) is 5.41 Å². The van der Waals surface area contributed by atoms with E-state index in [0.29, 0.717) is 12.0 Å². The minimum absolute atomic E-state index is 0.0572. The normalized spacial score (nSPS) is 17.2. The Labute approximate surface area is 184 Å². The van der Waals surface area contributed by atoms with Gasteiger partial charge < -0.3 is 15.0 Å². The van der Waals surface area contributed by atoms with Crippen molar-refractivity contribution in [1.82, 2.24) is 15.3 Å². The standard InChI is InChI=1S/C26H30N4O/c1-19-4-6-20(7-5-19)25(2,3)21-8-10-23(11-9-21)31-14-22-12-13-28-24(29-22)30-17-26(18-30)15-27-16-26/h4-13,27H,14-18H2,1-3H3. The molecule has 5 heteroatoms. The van der Waals surface area contributed by atoms with E-state index in [1.165, 1.54) is 16.7 Å². The summed E-state index contributed by atoms with van der Waals surface area (Å²) in [5.41, 5.74) is 5.17. The Hall–Kier alpha value is -2.92. The second-order valence-electron chi connectivity index (χ2n) is 9.61. The Kier molecular flexibility index (Phi) is 4.94. The maximum atomic E-state index is 6.02. The molecule has 5 rings (SSSR count). The molecular weight excluding hydrogens is 384 g/mol. The summed E-state index contributed by atoms with van der Waals surface area (Å²) in [6.07, 6.45) is 1.83. The van der Waals surface area contributed by atoms with Crippen molar-refractivity contribution in [3.05, 3.63) is 83.2 Å². The number of anilines is 1. The van der Waals surface area contributed by atoms with Crippen LogP contribution in [0.25, 0.3) is 0 Å². The molecule has 1 N–H and O–H groups in total. The lowest BCUT2D eigenvalue weighted by Gasteiger charge is -2.56. The molecular formula is C26H30N4O. The number of hydrogen-bond acceptors (Lipinski definition) is 5. The Morgan fingerprint density at radius 1 is 0.968 bits per heavy atom. The Morgan fingerprint density at radius 3 is 2.23 bits per heavy atom. The van der Waals surface area contributed by atoms with Gasteiger partial charge in [-0.05, 0) is 36.2 Å². The van der Waals surface area contributed by atoms with Gasteiger partial charge in [-0.3, -0.25) is 0 Å². The van der Waals surface area contributed by atoms with Crippen molar-refractivity contribution < 1.29 is 4.74 Å². The number of nitrogens with zero attached hydrogens (tertiary/aromatic N) is 3. The predicted octanol–water partition coefficient (Wildman–Crippen LogP) is 4.10. The summed E-state index contributed by atoms with van der Waals surface area (Å²) in [5, 5.41) is 3.36. The molecule has 0 aliphatic carbocycles. The molecule has 1 aromatic heterocycles. The maximum absolute atomic E-state index is 6.02. The van der Waals surface area contributed by atoms with Gasteiger partial charge in [0.2, 0.25) is 5.95 Å². The van der Waals surface area contributed by atoms with Gasteiger partial charge in [0, 0.05) is 43.2 Å². The third-order valence-corrected chi connectivity index (χ3v) is 6.77. The largest absolute Gasteiger partial charge is 0.487 e. The average Bonchev–Trinajstić information content (AvgIpc) is 2.71. The zero-order valence-electron chi connectivity index (χ0n) is 18.6. The van der Waals surface area contributed by atoms with E-state index < -0.39 is 0 Å².